The summed E-state index contributed by atoms with van der Waals surface area (Å²) in [6.07, 6.45) is 0.471. The molecule has 1 atom stereocenters. The van der Waals surface area contributed by atoms with Gasteiger partial charge in [0.05, 0.1) is 23.0 Å². The first-order chi connectivity index (χ1) is 19.4. The van der Waals surface area contributed by atoms with E-state index in [0.717, 1.165) is 35.9 Å². The topological polar surface area (TPSA) is 143 Å². The summed E-state index contributed by atoms with van der Waals surface area (Å²) in [5.74, 6) is -3.43. The number of halogens is 5. The van der Waals surface area contributed by atoms with Gasteiger partial charge in [-0.05, 0) is 48.7 Å². The molecule has 0 spiro atoms. The highest BCUT2D eigenvalue weighted by Gasteiger charge is 2.37. The Morgan fingerprint density at radius 3 is 2.59 bits per heavy atom. The Morgan fingerprint density at radius 2 is 1.98 bits per heavy atom. The van der Waals surface area contributed by atoms with Gasteiger partial charge in [0.25, 0.3) is 5.91 Å². The van der Waals surface area contributed by atoms with Gasteiger partial charge in [-0.15, -0.1) is 5.10 Å². The molecule has 1 unspecified atom stereocenters. The van der Waals surface area contributed by atoms with Gasteiger partial charge in [0.1, 0.15) is 17.9 Å². The van der Waals surface area contributed by atoms with E-state index in [1.807, 2.05) is 0 Å². The quantitative estimate of drug-likeness (QED) is 0.177. The maximum atomic E-state index is 14.2. The van der Waals surface area contributed by atoms with E-state index in [4.69, 9.17) is 17.3 Å². The van der Waals surface area contributed by atoms with Crippen LogP contribution in [0, 0.1) is 16.9 Å². The van der Waals surface area contributed by atoms with Crippen LogP contribution >= 0.6 is 11.6 Å². The molecule has 2 aromatic heterocycles. The number of hydrogen-bond acceptors (Lipinski definition) is 6. The number of anilines is 1. The fourth-order valence-electron chi connectivity index (χ4n) is 4.29. The molecule has 0 radical (unpaired) electrons. The highest BCUT2D eigenvalue weighted by atomic mass is 35.5. The molecular formula is C26H20ClF4N7O3. The van der Waals surface area contributed by atoms with Crippen LogP contribution in [0.5, 0.6) is 0 Å². The lowest BCUT2D eigenvalue weighted by atomic mass is 9.99. The van der Waals surface area contributed by atoms with Crippen molar-refractivity contribution < 1.29 is 31.9 Å². The van der Waals surface area contributed by atoms with Crippen molar-refractivity contribution >= 4 is 29.1 Å². The summed E-state index contributed by atoms with van der Waals surface area (Å²) in [7, 11) is 0. The fraction of sp³-hybridized carbons (Fsp3) is 0.231. The number of hydrogen-bond donors (Lipinski definition) is 2. The van der Waals surface area contributed by atoms with Gasteiger partial charge in [-0.3, -0.25) is 9.59 Å². The lowest BCUT2D eigenvalue weighted by Gasteiger charge is -2.17. The number of benzene rings is 2. The van der Waals surface area contributed by atoms with Gasteiger partial charge in [-0.2, -0.15) is 13.2 Å². The molecule has 212 valence electrons. The number of carbonyl (C=O) groups excluding carboxylic acids is 2. The summed E-state index contributed by atoms with van der Waals surface area (Å²) in [5, 5.41) is 22.7. The number of primary amides is 1. The molecular weight excluding hydrogens is 570 g/mol. The summed E-state index contributed by atoms with van der Waals surface area (Å²) >= 11 is 6.14. The smallest absolute Gasteiger partial charge is 0.436 e. The number of nitrogens with one attached hydrogen (secondary N) is 1. The third-order valence-corrected chi connectivity index (χ3v) is 6.75. The highest BCUT2D eigenvalue weighted by molar-refractivity contribution is 6.31. The Labute approximate surface area is 234 Å². The minimum Gasteiger partial charge on any atom is -0.711 e. The van der Waals surface area contributed by atoms with Crippen LogP contribution in [-0.2, 0) is 11.0 Å². The minimum atomic E-state index is -4.71. The molecule has 0 saturated heterocycles. The average Bonchev–Trinajstić information content (AvgIpc) is 3.58. The minimum absolute atomic E-state index is 0.0574. The summed E-state index contributed by atoms with van der Waals surface area (Å²) < 4.78 is 54.8. The Hall–Kier alpha value is -4.59. The lowest BCUT2D eigenvalue weighted by molar-refractivity contribution is -0.618. The van der Waals surface area contributed by atoms with Gasteiger partial charge in [0.15, 0.2) is 11.9 Å². The molecule has 4 aromatic rings. The Kier molecular flexibility index (Phi) is 7.34. The van der Waals surface area contributed by atoms with E-state index in [1.165, 1.54) is 30.5 Å². The van der Waals surface area contributed by atoms with Gasteiger partial charge in [-0.1, -0.05) is 34.6 Å². The summed E-state index contributed by atoms with van der Waals surface area (Å²) in [4.78, 5) is 28.8. The van der Waals surface area contributed by atoms with Gasteiger partial charge in [0, 0.05) is 16.3 Å². The molecule has 0 bridgehead atoms. The first kappa shape index (κ1) is 28.0. The first-order valence-corrected chi connectivity index (χ1v) is 12.6. The van der Waals surface area contributed by atoms with Gasteiger partial charge < -0.3 is 16.3 Å². The molecule has 5 rings (SSSR count). The Morgan fingerprint density at radius 1 is 1.22 bits per heavy atom. The van der Waals surface area contributed by atoms with E-state index in [9.17, 15) is 32.4 Å². The average molecular weight is 590 g/mol. The maximum absolute atomic E-state index is 14.2. The summed E-state index contributed by atoms with van der Waals surface area (Å²) in [5.41, 5.74) is 4.22. The van der Waals surface area contributed by atoms with E-state index in [1.54, 1.807) is 0 Å². The SMILES string of the molecule is NC(=O)c1ccc(NC(=O)C(CC2CC2)c2ncc(-c3cc(Cl)ccc3-n3cc(C(F)(F)F)nn3)c[n+]2[O-])cc1F. The van der Waals surface area contributed by atoms with Gasteiger partial charge in [0.2, 0.25) is 5.91 Å². The highest BCUT2D eigenvalue weighted by Crippen LogP contribution is 2.38. The second-order valence-corrected chi connectivity index (χ2v) is 9.95. The predicted octanol–water partition coefficient (Wildman–Crippen LogP) is 4.40. The van der Waals surface area contributed by atoms with Crippen LogP contribution < -0.4 is 15.8 Å². The van der Waals surface area contributed by atoms with E-state index in [2.05, 4.69) is 20.6 Å². The largest absolute Gasteiger partial charge is 0.711 e. The third-order valence-electron chi connectivity index (χ3n) is 6.51. The lowest BCUT2D eigenvalue weighted by Crippen LogP contribution is -2.39. The number of nitrogens with zero attached hydrogens (tertiary/aromatic N) is 5. The van der Waals surface area contributed by atoms with Crippen LogP contribution in [0.1, 0.15) is 47.1 Å². The van der Waals surface area contributed by atoms with Crippen molar-refractivity contribution in [2.45, 2.75) is 31.4 Å². The Bertz CT molecular complexity index is 1660. The molecule has 15 heteroatoms. The van der Waals surface area contributed by atoms with Crippen molar-refractivity contribution in [1.82, 2.24) is 20.0 Å². The number of nitrogens with two attached hydrogens (primary N) is 1. The van der Waals surface area contributed by atoms with Crippen molar-refractivity contribution in [1.29, 1.82) is 0 Å². The molecule has 10 nitrogen and oxygen atoms in total. The predicted molar refractivity (Wildman–Crippen MR) is 137 cm³/mol. The van der Waals surface area contributed by atoms with Crippen molar-refractivity contribution in [3.63, 3.8) is 0 Å². The van der Waals surface area contributed by atoms with Crippen molar-refractivity contribution in [3.05, 3.63) is 88.1 Å². The molecule has 3 N–H and O–H groups in total. The summed E-state index contributed by atoms with van der Waals surface area (Å²) in [6.45, 7) is 0. The molecule has 0 aliphatic heterocycles. The van der Waals surface area contributed by atoms with Crippen LogP contribution in [0.15, 0.2) is 55.0 Å². The van der Waals surface area contributed by atoms with E-state index in [-0.39, 0.29) is 44.8 Å². The summed E-state index contributed by atoms with van der Waals surface area (Å²) in [6, 6.07) is 7.69. The zero-order valence-electron chi connectivity index (χ0n) is 20.9. The molecule has 2 aromatic carbocycles. The van der Waals surface area contributed by atoms with Gasteiger partial charge >= 0.3 is 12.0 Å². The number of rotatable bonds is 8. The van der Waals surface area contributed by atoms with Crippen molar-refractivity contribution in [2.24, 2.45) is 11.7 Å². The molecule has 1 aliphatic rings. The first-order valence-electron chi connectivity index (χ1n) is 12.2. The molecule has 41 heavy (non-hydrogen) atoms. The number of aromatic nitrogens is 5. The van der Waals surface area contributed by atoms with Crippen LogP contribution in [0.4, 0.5) is 23.2 Å². The Balaban J connectivity index is 1.46. The second kappa shape index (κ2) is 10.8. The zero-order chi connectivity index (χ0) is 29.5. The molecule has 1 fully saturated rings. The van der Waals surface area contributed by atoms with Crippen LogP contribution in [0.3, 0.4) is 0 Å². The second-order valence-electron chi connectivity index (χ2n) is 9.51. The number of amides is 2. The van der Waals surface area contributed by atoms with Crippen LogP contribution in [0.25, 0.3) is 16.8 Å². The van der Waals surface area contributed by atoms with E-state index < -0.39 is 35.4 Å². The monoisotopic (exact) mass is 589 g/mol. The number of carbonyl (C=O) groups is 2. The number of alkyl halides is 3. The third kappa shape index (κ3) is 6.11. The molecule has 1 aliphatic carbocycles. The van der Waals surface area contributed by atoms with Crippen LogP contribution in [-0.4, -0.2) is 31.8 Å². The molecule has 2 heterocycles. The van der Waals surface area contributed by atoms with E-state index >= 15 is 0 Å². The molecule has 1 saturated carbocycles. The van der Waals surface area contributed by atoms with Crippen molar-refractivity contribution in [2.75, 3.05) is 5.32 Å². The standard InChI is InChI=1S/C26H20ClF4N7O3/c27-15-3-6-21(37-12-22(35-36-37)26(29,30)31)18(8-15)14-10-33-24(38(41)11-14)19(7-13-1-2-13)25(40)34-16-4-5-17(23(32)39)20(28)9-16/h3-6,8-13,19H,1-2,7H2,(H2,32,39)(H,34,40). The van der Waals surface area contributed by atoms with Gasteiger partial charge in [-0.25, -0.2) is 13.8 Å². The fourth-order valence-corrected chi connectivity index (χ4v) is 4.46. The van der Waals surface area contributed by atoms with Crippen LogP contribution in [0.2, 0.25) is 5.02 Å². The normalized spacial score (nSPS) is 14.1. The maximum Gasteiger partial charge on any atom is 0.436 e. The van der Waals surface area contributed by atoms with E-state index in [0.29, 0.717) is 17.3 Å². The zero-order valence-corrected chi connectivity index (χ0v) is 21.7. The van der Waals surface area contributed by atoms with Crippen molar-refractivity contribution in [3.8, 4) is 16.8 Å². The molecule has 2 amide bonds.